The first-order chi connectivity index (χ1) is 8.66. The predicted molar refractivity (Wildman–Crippen MR) is 71.7 cm³/mol. The van der Waals surface area contributed by atoms with Crippen molar-refractivity contribution in [2.75, 3.05) is 0 Å². The lowest BCUT2D eigenvalue weighted by Crippen LogP contribution is -2.15. The monoisotopic (exact) mass is 266 g/mol. The zero-order valence-corrected chi connectivity index (χ0v) is 11.3. The number of nitrogens with zero attached hydrogens (tertiary/aromatic N) is 2. The zero-order valence-electron chi connectivity index (χ0n) is 10.5. The number of aromatic carboxylic acids is 1. The molecule has 0 aromatic carbocycles. The number of aromatic nitrogens is 2. The third kappa shape index (κ3) is 3.45. The van der Waals surface area contributed by atoms with Crippen molar-refractivity contribution in [3.05, 3.63) is 23.8 Å². The summed E-state index contributed by atoms with van der Waals surface area (Å²) in [6, 6.07) is 0. The lowest BCUT2D eigenvalue weighted by Gasteiger charge is -2.26. The van der Waals surface area contributed by atoms with Gasteiger partial charge < -0.3 is 5.11 Å². The van der Waals surface area contributed by atoms with Gasteiger partial charge >= 0.3 is 5.97 Å². The number of thioether (sulfide) groups is 1. The number of rotatable bonds is 4. The molecule has 4 nitrogen and oxygen atoms in total. The Kier molecular flexibility index (Phi) is 4.58. The van der Waals surface area contributed by atoms with Crippen LogP contribution in [0.25, 0.3) is 0 Å². The smallest absolute Gasteiger partial charge is 0.339 e. The van der Waals surface area contributed by atoms with Crippen LogP contribution >= 0.6 is 11.8 Å². The van der Waals surface area contributed by atoms with Crippen LogP contribution in [0.2, 0.25) is 0 Å². The average Bonchev–Trinajstić information content (AvgIpc) is 2.37. The summed E-state index contributed by atoms with van der Waals surface area (Å²) in [4.78, 5) is 18.9. The second kappa shape index (κ2) is 6.18. The van der Waals surface area contributed by atoms with E-state index < -0.39 is 5.97 Å². The van der Waals surface area contributed by atoms with Crippen LogP contribution < -0.4 is 0 Å². The van der Waals surface area contributed by atoms with Gasteiger partial charge in [-0.05, 0) is 18.8 Å². The van der Waals surface area contributed by atoms with E-state index in [9.17, 15) is 4.79 Å². The lowest BCUT2D eigenvalue weighted by atomic mass is 9.91. The second-order valence-electron chi connectivity index (χ2n) is 4.89. The Morgan fingerprint density at radius 3 is 3.11 bits per heavy atom. The maximum absolute atomic E-state index is 11.0. The molecule has 1 saturated carbocycles. The molecule has 0 spiro atoms. The molecule has 1 fully saturated rings. The lowest BCUT2D eigenvalue weighted by molar-refractivity contribution is 0.0695. The highest BCUT2D eigenvalue weighted by Crippen LogP contribution is 2.33. The standard InChI is InChI=1S/C13H18N2O2S/c1-9-3-2-4-10(5-9)18-7-12-11(13(16)17)6-14-8-15-12/h6,8-10H,2-5,7H2,1H3,(H,16,17). The number of carbonyl (C=O) groups is 1. The van der Waals surface area contributed by atoms with Crippen LogP contribution in [0.5, 0.6) is 0 Å². The van der Waals surface area contributed by atoms with Crippen LogP contribution in [0.3, 0.4) is 0 Å². The highest BCUT2D eigenvalue weighted by molar-refractivity contribution is 7.99. The molecule has 1 aliphatic carbocycles. The molecule has 1 aliphatic rings. The van der Waals surface area contributed by atoms with Crippen LogP contribution in [-0.2, 0) is 5.75 Å². The third-order valence-corrected chi connectivity index (χ3v) is 4.71. The molecule has 1 heterocycles. The van der Waals surface area contributed by atoms with Gasteiger partial charge in [0.1, 0.15) is 11.9 Å². The molecule has 1 aromatic heterocycles. The molecule has 98 valence electrons. The molecule has 18 heavy (non-hydrogen) atoms. The Hall–Kier alpha value is -1.10. The molecule has 2 atom stereocenters. The largest absolute Gasteiger partial charge is 0.478 e. The fourth-order valence-electron chi connectivity index (χ4n) is 2.38. The van der Waals surface area contributed by atoms with Gasteiger partial charge in [-0.15, -0.1) is 0 Å². The first-order valence-corrected chi connectivity index (χ1v) is 7.35. The highest BCUT2D eigenvalue weighted by Gasteiger charge is 2.20. The Morgan fingerprint density at radius 2 is 2.39 bits per heavy atom. The second-order valence-corrected chi connectivity index (χ2v) is 6.18. The Balaban J connectivity index is 1.95. The molecule has 0 radical (unpaired) electrons. The van der Waals surface area contributed by atoms with Crippen LogP contribution in [0.15, 0.2) is 12.5 Å². The van der Waals surface area contributed by atoms with Gasteiger partial charge in [-0.25, -0.2) is 14.8 Å². The van der Waals surface area contributed by atoms with E-state index in [1.54, 1.807) is 0 Å². The van der Waals surface area contributed by atoms with Gasteiger partial charge in [-0.2, -0.15) is 11.8 Å². The molecule has 1 N–H and O–H groups in total. The summed E-state index contributed by atoms with van der Waals surface area (Å²) >= 11 is 1.83. The zero-order chi connectivity index (χ0) is 13.0. The molecule has 5 heteroatoms. The maximum atomic E-state index is 11.0. The van der Waals surface area contributed by atoms with E-state index in [4.69, 9.17) is 5.11 Å². The van der Waals surface area contributed by atoms with Crippen molar-refractivity contribution in [2.24, 2.45) is 5.92 Å². The van der Waals surface area contributed by atoms with Crippen molar-refractivity contribution < 1.29 is 9.90 Å². The first-order valence-electron chi connectivity index (χ1n) is 6.30. The fourth-order valence-corrected chi connectivity index (χ4v) is 3.80. The maximum Gasteiger partial charge on any atom is 0.339 e. The minimum absolute atomic E-state index is 0.230. The van der Waals surface area contributed by atoms with Crippen LogP contribution in [0, 0.1) is 5.92 Å². The highest BCUT2D eigenvalue weighted by atomic mass is 32.2. The molecule has 2 rings (SSSR count). The summed E-state index contributed by atoms with van der Waals surface area (Å²) in [5.41, 5.74) is 0.870. The van der Waals surface area contributed by atoms with E-state index in [0.717, 1.165) is 5.92 Å². The quantitative estimate of drug-likeness (QED) is 0.907. The number of hydrogen-bond donors (Lipinski definition) is 1. The molecular weight excluding hydrogens is 248 g/mol. The predicted octanol–water partition coefficient (Wildman–Crippen LogP) is 2.99. The van der Waals surface area contributed by atoms with Crippen molar-refractivity contribution in [3.8, 4) is 0 Å². The number of carboxylic acids is 1. The van der Waals surface area contributed by atoms with Crippen molar-refractivity contribution in [1.29, 1.82) is 0 Å². The number of carboxylic acid groups (broad SMARTS) is 1. The summed E-state index contributed by atoms with van der Waals surface area (Å²) in [6.07, 6.45) is 7.89. The van der Waals surface area contributed by atoms with Crippen molar-refractivity contribution >= 4 is 17.7 Å². The van der Waals surface area contributed by atoms with Gasteiger partial charge in [0.15, 0.2) is 0 Å². The van der Waals surface area contributed by atoms with E-state index in [1.165, 1.54) is 38.2 Å². The minimum atomic E-state index is -0.941. The van der Waals surface area contributed by atoms with Gasteiger partial charge in [0.2, 0.25) is 0 Å². The first kappa shape index (κ1) is 13.3. The summed E-state index contributed by atoms with van der Waals surface area (Å²) < 4.78 is 0. The molecule has 0 bridgehead atoms. The fraction of sp³-hybridized carbons (Fsp3) is 0.615. The normalized spacial score (nSPS) is 23.8. The Labute approximate surface area is 111 Å². The van der Waals surface area contributed by atoms with Crippen LogP contribution in [0.4, 0.5) is 0 Å². The van der Waals surface area contributed by atoms with E-state index in [2.05, 4.69) is 16.9 Å². The molecular formula is C13H18N2O2S. The van der Waals surface area contributed by atoms with E-state index in [0.29, 0.717) is 16.7 Å². The molecule has 0 amide bonds. The summed E-state index contributed by atoms with van der Waals surface area (Å²) in [6.45, 7) is 2.29. The summed E-state index contributed by atoms with van der Waals surface area (Å²) in [7, 11) is 0. The Bertz CT molecular complexity index is 425. The minimum Gasteiger partial charge on any atom is -0.478 e. The third-order valence-electron chi connectivity index (χ3n) is 3.37. The van der Waals surface area contributed by atoms with Crippen LogP contribution in [-0.4, -0.2) is 26.3 Å². The van der Waals surface area contributed by atoms with E-state index in [1.807, 2.05) is 11.8 Å². The SMILES string of the molecule is CC1CCCC(SCc2ncncc2C(=O)O)C1. The molecule has 2 unspecified atom stereocenters. The Morgan fingerprint density at radius 1 is 1.56 bits per heavy atom. The molecule has 0 aliphatic heterocycles. The average molecular weight is 266 g/mol. The van der Waals surface area contributed by atoms with E-state index in [-0.39, 0.29) is 5.56 Å². The summed E-state index contributed by atoms with van der Waals surface area (Å²) in [5, 5.41) is 9.70. The van der Waals surface area contributed by atoms with E-state index >= 15 is 0 Å². The van der Waals surface area contributed by atoms with Crippen molar-refractivity contribution in [3.63, 3.8) is 0 Å². The van der Waals surface area contributed by atoms with Gasteiger partial charge in [-0.3, -0.25) is 0 Å². The van der Waals surface area contributed by atoms with Gasteiger partial charge in [-0.1, -0.05) is 19.8 Å². The van der Waals surface area contributed by atoms with Crippen LogP contribution in [0.1, 0.15) is 48.7 Å². The summed E-state index contributed by atoms with van der Waals surface area (Å²) in [5.74, 6) is 0.519. The van der Waals surface area contributed by atoms with Crippen molar-refractivity contribution in [1.82, 2.24) is 9.97 Å². The topological polar surface area (TPSA) is 63.1 Å². The number of hydrogen-bond acceptors (Lipinski definition) is 4. The van der Waals surface area contributed by atoms with Gasteiger partial charge in [0.05, 0.1) is 5.69 Å². The van der Waals surface area contributed by atoms with Crippen molar-refractivity contribution in [2.45, 2.75) is 43.6 Å². The molecule has 0 saturated heterocycles. The van der Waals surface area contributed by atoms with Gasteiger partial charge in [0, 0.05) is 17.2 Å². The molecule has 1 aromatic rings. The van der Waals surface area contributed by atoms with Gasteiger partial charge in [0.25, 0.3) is 0 Å².